The van der Waals surface area contributed by atoms with Crippen molar-refractivity contribution >= 4 is 28.5 Å². The molecule has 166 valence electrons. The summed E-state index contributed by atoms with van der Waals surface area (Å²) in [5, 5.41) is 12.7. The fourth-order valence-electron chi connectivity index (χ4n) is 4.39. The predicted molar refractivity (Wildman–Crippen MR) is 116 cm³/mol. The Morgan fingerprint density at radius 2 is 2.09 bits per heavy atom. The molecule has 0 spiro atoms. The monoisotopic (exact) mass is 439 g/mol. The Morgan fingerprint density at radius 1 is 1.34 bits per heavy atom. The lowest BCUT2D eigenvalue weighted by Crippen LogP contribution is -2.30. The Bertz CT molecular complexity index is 1290. The molecule has 0 saturated carbocycles. The zero-order chi connectivity index (χ0) is 22.6. The van der Waals surface area contributed by atoms with E-state index in [1.54, 1.807) is 17.0 Å². The molecule has 2 atom stereocenters. The van der Waals surface area contributed by atoms with E-state index in [-0.39, 0.29) is 41.1 Å². The number of nitrogens with zero attached hydrogens (tertiary/aromatic N) is 4. The van der Waals surface area contributed by atoms with Crippen molar-refractivity contribution in [2.75, 3.05) is 29.9 Å². The number of halogens is 1. The van der Waals surface area contributed by atoms with Crippen LogP contribution in [0.3, 0.4) is 0 Å². The van der Waals surface area contributed by atoms with Crippen LogP contribution in [-0.4, -0.2) is 51.3 Å². The molecule has 2 aromatic heterocycles. The van der Waals surface area contributed by atoms with Crippen LogP contribution >= 0.6 is 0 Å². The summed E-state index contributed by atoms with van der Waals surface area (Å²) in [7, 11) is 0. The summed E-state index contributed by atoms with van der Waals surface area (Å²) in [5.74, 6) is -1.15. The minimum atomic E-state index is -1.34. The van der Waals surface area contributed by atoms with Gasteiger partial charge >= 0.3 is 5.97 Å². The third kappa shape index (κ3) is 3.22. The molecule has 2 aliphatic rings. The van der Waals surface area contributed by atoms with Crippen LogP contribution in [0.15, 0.2) is 29.5 Å². The zero-order valence-corrected chi connectivity index (χ0v) is 17.6. The second-order valence-electron chi connectivity index (χ2n) is 8.34. The van der Waals surface area contributed by atoms with Crippen molar-refractivity contribution in [1.29, 1.82) is 0 Å². The number of carboxylic acid groups (broad SMARTS) is 1. The molecular weight excluding hydrogens is 417 g/mol. The largest absolute Gasteiger partial charge is 0.487 e. The number of benzene rings is 1. The van der Waals surface area contributed by atoms with E-state index in [0.717, 1.165) is 18.1 Å². The highest BCUT2D eigenvalue weighted by Crippen LogP contribution is 2.42. The molecule has 10 heteroatoms. The van der Waals surface area contributed by atoms with E-state index in [1.165, 1.54) is 6.20 Å². The number of hydrogen-bond acceptors (Lipinski definition) is 7. The fraction of sp³-hybridized carbons (Fsp3) is 0.364. The van der Waals surface area contributed by atoms with Crippen LogP contribution in [-0.2, 0) is 0 Å². The Hall–Kier alpha value is -3.69. The van der Waals surface area contributed by atoms with Crippen molar-refractivity contribution in [2.24, 2.45) is 0 Å². The first kappa shape index (κ1) is 20.2. The molecule has 2 aliphatic heterocycles. The second kappa shape index (κ2) is 7.47. The van der Waals surface area contributed by atoms with Crippen molar-refractivity contribution in [3.63, 3.8) is 0 Å². The maximum Gasteiger partial charge on any atom is 0.341 e. The highest BCUT2D eigenvalue weighted by atomic mass is 19.1. The zero-order valence-electron chi connectivity index (χ0n) is 17.6. The summed E-state index contributed by atoms with van der Waals surface area (Å²) in [5.41, 5.74) is 0.575. The van der Waals surface area contributed by atoms with Gasteiger partial charge in [-0.3, -0.25) is 4.79 Å². The van der Waals surface area contributed by atoms with E-state index >= 15 is 4.39 Å². The SMILES string of the molecule is Cc1cnc(N[C@H]2CCN(c3c(F)cc4c(=O)c(C(=O)O)cn5c4c3OC[C@@H]5C)C2)nc1. The maximum atomic E-state index is 15.3. The number of hydrogen-bond donors (Lipinski definition) is 2. The van der Waals surface area contributed by atoms with Crippen molar-refractivity contribution in [3.05, 3.63) is 51.8 Å². The van der Waals surface area contributed by atoms with Gasteiger partial charge in [0.25, 0.3) is 0 Å². The van der Waals surface area contributed by atoms with Gasteiger partial charge in [0.15, 0.2) is 11.6 Å². The average molecular weight is 439 g/mol. The Balaban J connectivity index is 1.55. The van der Waals surface area contributed by atoms with E-state index in [1.807, 2.05) is 18.7 Å². The van der Waals surface area contributed by atoms with Gasteiger partial charge in [-0.25, -0.2) is 19.2 Å². The molecule has 1 saturated heterocycles. The molecule has 0 aliphatic carbocycles. The number of rotatable bonds is 4. The lowest BCUT2D eigenvalue weighted by atomic mass is 10.1. The molecule has 3 aromatic rings. The second-order valence-corrected chi connectivity index (χ2v) is 8.34. The molecule has 5 rings (SSSR count). The number of carbonyl (C=O) groups is 1. The first-order valence-electron chi connectivity index (χ1n) is 10.4. The molecule has 2 N–H and O–H groups in total. The smallest absolute Gasteiger partial charge is 0.341 e. The number of anilines is 2. The lowest BCUT2D eigenvalue weighted by Gasteiger charge is -2.31. The molecule has 0 unspecified atom stereocenters. The topological polar surface area (TPSA) is 110 Å². The van der Waals surface area contributed by atoms with Crippen molar-refractivity contribution in [3.8, 4) is 5.75 Å². The van der Waals surface area contributed by atoms with Gasteiger partial charge < -0.3 is 24.6 Å². The summed E-state index contributed by atoms with van der Waals surface area (Å²) in [6.07, 6.45) is 5.54. The first-order chi connectivity index (χ1) is 15.3. The van der Waals surface area contributed by atoms with E-state index in [0.29, 0.717) is 24.6 Å². The molecule has 1 aromatic carbocycles. The summed E-state index contributed by atoms with van der Waals surface area (Å²) in [4.78, 5) is 34.7. The van der Waals surface area contributed by atoms with Gasteiger partial charge in [-0.1, -0.05) is 0 Å². The fourth-order valence-corrected chi connectivity index (χ4v) is 4.39. The average Bonchev–Trinajstić information content (AvgIpc) is 3.21. The van der Waals surface area contributed by atoms with Gasteiger partial charge in [0.1, 0.15) is 17.9 Å². The van der Waals surface area contributed by atoms with Crippen molar-refractivity contribution < 1.29 is 19.0 Å². The summed E-state index contributed by atoms with van der Waals surface area (Å²) < 4.78 is 22.9. The van der Waals surface area contributed by atoms with Gasteiger partial charge in [0.05, 0.1) is 16.9 Å². The number of carboxylic acids is 1. The maximum absolute atomic E-state index is 15.3. The van der Waals surface area contributed by atoms with E-state index in [4.69, 9.17) is 4.74 Å². The number of aromatic carboxylic acids is 1. The minimum Gasteiger partial charge on any atom is -0.487 e. The summed E-state index contributed by atoms with van der Waals surface area (Å²) >= 11 is 0. The quantitative estimate of drug-likeness (QED) is 0.639. The molecule has 4 heterocycles. The van der Waals surface area contributed by atoms with Gasteiger partial charge in [-0.2, -0.15) is 0 Å². The highest BCUT2D eigenvalue weighted by molar-refractivity contribution is 5.97. The number of aryl methyl sites for hydroxylation is 1. The Labute approximate surface area is 182 Å². The molecular formula is C22H22FN5O4. The van der Waals surface area contributed by atoms with Gasteiger partial charge in [0, 0.05) is 37.7 Å². The first-order valence-corrected chi connectivity index (χ1v) is 10.4. The van der Waals surface area contributed by atoms with Crippen LogP contribution in [0.25, 0.3) is 10.9 Å². The Morgan fingerprint density at radius 3 is 2.81 bits per heavy atom. The van der Waals surface area contributed by atoms with Gasteiger partial charge in [0.2, 0.25) is 11.4 Å². The lowest BCUT2D eigenvalue weighted by molar-refractivity contribution is 0.0694. The van der Waals surface area contributed by atoms with Crippen LogP contribution in [0.1, 0.15) is 35.3 Å². The van der Waals surface area contributed by atoms with E-state index in [2.05, 4.69) is 15.3 Å². The van der Waals surface area contributed by atoms with E-state index < -0.39 is 17.2 Å². The molecule has 32 heavy (non-hydrogen) atoms. The van der Waals surface area contributed by atoms with Crippen LogP contribution in [0.5, 0.6) is 5.75 Å². The molecule has 0 bridgehead atoms. The molecule has 9 nitrogen and oxygen atoms in total. The normalized spacial score (nSPS) is 19.8. The third-order valence-electron chi connectivity index (χ3n) is 5.99. The molecule has 1 fully saturated rings. The van der Waals surface area contributed by atoms with Crippen molar-refractivity contribution in [2.45, 2.75) is 32.4 Å². The van der Waals surface area contributed by atoms with Crippen LogP contribution in [0.4, 0.5) is 16.0 Å². The number of pyridine rings is 1. The van der Waals surface area contributed by atoms with Crippen LogP contribution in [0, 0.1) is 12.7 Å². The highest BCUT2D eigenvalue weighted by Gasteiger charge is 2.33. The van der Waals surface area contributed by atoms with E-state index in [9.17, 15) is 14.7 Å². The van der Waals surface area contributed by atoms with Gasteiger partial charge in [-0.05, 0) is 31.9 Å². The number of aromatic nitrogens is 3. The standard InChI is InChI=1S/C22H22FN5O4/c1-11-6-24-22(25-7-11)26-13-3-4-27(8-13)18-16(23)5-14-17-20(18)32-10-12(2)28(17)9-15(19(14)29)21(30)31/h5-7,9,12-13H,3-4,8,10H2,1-2H3,(H,30,31)(H,24,25,26)/t12-,13-/m0/s1. The van der Waals surface area contributed by atoms with Crippen LogP contribution < -0.4 is 20.4 Å². The summed E-state index contributed by atoms with van der Waals surface area (Å²) in [6.45, 7) is 5.10. The predicted octanol–water partition coefficient (Wildman–Crippen LogP) is 2.58. The third-order valence-corrected chi connectivity index (χ3v) is 5.99. The number of nitrogens with one attached hydrogen (secondary N) is 1. The Kier molecular flexibility index (Phi) is 4.72. The van der Waals surface area contributed by atoms with Gasteiger partial charge in [-0.15, -0.1) is 0 Å². The molecule has 0 amide bonds. The number of ether oxygens (including phenoxy) is 1. The minimum absolute atomic E-state index is 0.00891. The summed E-state index contributed by atoms with van der Waals surface area (Å²) in [6, 6.07) is 0.942. The molecule has 0 radical (unpaired) electrons. The van der Waals surface area contributed by atoms with Crippen LogP contribution in [0.2, 0.25) is 0 Å². The van der Waals surface area contributed by atoms with Crippen molar-refractivity contribution in [1.82, 2.24) is 14.5 Å².